The number of esters is 2. The van der Waals surface area contributed by atoms with Crippen molar-refractivity contribution < 1.29 is 27.8 Å². The van der Waals surface area contributed by atoms with Crippen LogP contribution in [0.1, 0.15) is 117 Å². The van der Waals surface area contributed by atoms with Gasteiger partial charge in [0, 0.05) is 6.92 Å². The number of rotatable bonds is 8. The third-order valence-electron chi connectivity index (χ3n) is 10.7. The minimum Gasteiger partial charge on any atom is -0.462 e. The van der Waals surface area contributed by atoms with E-state index < -0.39 is 23.4 Å². The largest absolute Gasteiger partial charge is 0.462 e. The highest BCUT2D eigenvalue weighted by atomic mass is 19.3. The average molecular weight is 509 g/mol. The van der Waals surface area contributed by atoms with Crippen LogP contribution in [0.5, 0.6) is 0 Å². The third kappa shape index (κ3) is 5.48. The van der Waals surface area contributed by atoms with Crippen molar-refractivity contribution in [2.24, 2.45) is 40.9 Å². The number of carbonyl (C=O) groups is 2. The molecule has 6 fully saturated rings. The van der Waals surface area contributed by atoms with Crippen molar-refractivity contribution in [2.75, 3.05) is 0 Å². The molecule has 0 spiro atoms. The highest BCUT2D eigenvalue weighted by Gasteiger charge is 2.61. The van der Waals surface area contributed by atoms with Crippen LogP contribution in [0.25, 0.3) is 0 Å². The van der Waals surface area contributed by atoms with E-state index in [0.717, 1.165) is 49.9 Å². The predicted octanol–water partition coefficient (Wildman–Crippen LogP) is 7.48. The first-order valence-electron chi connectivity index (χ1n) is 15.0. The fraction of sp³-hybridized carbons (Fsp3) is 0.933. The van der Waals surface area contributed by atoms with Gasteiger partial charge in [0.25, 0.3) is 0 Å². The van der Waals surface area contributed by atoms with Gasteiger partial charge >= 0.3 is 17.9 Å². The number of hydrogen-bond acceptors (Lipinski definition) is 4. The van der Waals surface area contributed by atoms with Gasteiger partial charge in [0.1, 0.15) is 12.2 Å². The number of alkyl halides is 2. The monoisotopic (exact) mass is 508 g/mol. The molecule has 0 heterocycles. The Balaban J connectivity index is 1.10. The molecule has 0 aliphatic heterocycles. The Bertz CT molecular complexity index is 775. The molecule has 6 rings (SSSR count). The predicted molar refractivity (Wildman–Crippen MR) is 133 cm³/mol. The normalized spacial score (nSPS) is 42.2. The summed E-state index contributed by atoms with van der Waals surface area (Å²) in [7, 11) is 0. The van der Waals surface area contributed by atoms with Crippen LogP contribution < -0.4 is 0 Å². The van der Waals surface area contributed by atoms with Crippen molar-refractivity contribution in [3.05, 3.63) is 0 Å². The summed E-state index contributed by atoms with van der Waals surface area (Å²) < 4.78 is 38.4. The summed E-state index contributed by atoms with van der Waals surface area (Å²) in [5.74, 6) is -1.96. The fourth-order valence-corrected chi connectivity index (χ4v) is 9.04. The van der Waals surface area contributed by atoms with E-state index in [-0.39, 0.29) is 23.9 Å². The number of carbonyl (C=O) groups excluding carboxylic acids is 2. The van der Waals surface area contributed by atoms with Gasteiger partial charge in [-0.15, -0.1) is 0 Å². The average Bonchev–Trinajstić information content (AvgIpc) is 2.84. The summed E-state index contributed by atoms with van der Waals surface area (Å²) >= 11 is 0. The van der Waals surface area contributed by atoms with Crippen LogP contribution in [-0.4, -0.2) is 30.1 Å². The minimum atomic E-state index is -3.47. The summed E-state index contributed by atoms with van der Waals surface area (Å²) in [5.41, 5.74) is -0.498. The molecule has 0 aromatic heterocycles. The molecule has 2 unspecified atom stereocenters. The van der Waals surface area contributed by atoms with Gasteiger partial charge in [0.2, 0.25) is 0 Å². The van der Waals surface area contributed by atoms with Gasteiger partial charge < -0.3 is 9.47 Å². The van der Waals surface area contributed by atoms with Gasteiger partial charge in [-0.05, 0) is 106 Å². The molecular weight excluding hydrogens is 462 g/mol. The highest BCUT2D eigenvalue weighted by molar-refractivity contribution is 5.78. The van der Waals surface area contributed by atoms with Gasteiger partial charge in [-0.3, -0.25) is 4.79 Å². The van der Waals surface area contributed by atoms with Crippen LogP contribution >= 0.6 is 0 Å². The molecule has 6 aliphatic rings. The van der Waals surface area contributed by atoms with Gasteiger partial charge in [0.05, 0.1) is 5.41 Å². The van der Waals surface area contributed by atoms with Crippen LogP contribution in [0.4, 0.5) is 8.78 Å². The molecule has 6 aliphatic carbocycles. The van der Waals surface area contributed by atoms with Crippen molar-refractivity contribution in [3.8, 4) is 0 Å². The first-order valence-corrected chi connectivity index (χ1v) is 15.0. The summed E-state index contributed by atoms with van der Waals surface area (Å²) in [4.78, 5) is 25.4. The molecule has 4 nitrogen and oxygen atoms in total. The zero-order chi connectivity index (χ0) is 25.5. The lowest BCUT2D eigenvalue weighted by Gasteiger charge is -2.58. The summed E-state index contributed by atoms with van der Waals surface area (Å²) in [6, 6.07) is 0. The second-order valence-corrected chi connectivity index (χ2v) is 13.4. The molecular formula is C30H46F2O4. The standard InChI is InChI=1S/C30H46F2O4/c1-3-4-5-19-6-8-21(9-7-19)22-10-12-25(13-11-22)35-28(34)30-16-20-14-23(17-30)26(24(15-20)18-30)36-27(33)29(2,31)32/h19-26H,3-18H2,1-2H3. The summed E-state index contributed by atoms with van der Waals surface area (Å²) in [6.07, 6.45) is 17.3. The lowest BCUT2D eigenvalue weighted by Crippen LogP contribution is -2.58. The van der Waals surface area contributed by atoms with Gasteiger partial charge in [-0.25, -0.2) is 4.79 Å². The lowest BCUT2D eigenvalue weighted by molar-refractivity contribution is -0.209. The van der Waals surface area contributed by atoms with Crippen LogP contribution in [0.2, 0.25) is 0 Å². The molecule has 4 bridgehead atoms. The third-order valence-corrected chi connectivity index (χ3v) is 10.7. The van der Waals surface area contributed by atoms with E-state index in [2.05, 4.69) is 6.92 Å². The fourth-order valence-electron chi connectivity index (χ4n) is 9.04. The van der Waals surface area contributed by atoms with Gasteiger partial charge in [-0.1, -0.05) is 39.0 Å². The first kappa shape index (κ1) is 26.4. The molecule has 0 saturated heterocycles. The number of hydrogen-bond donors (Lipinski definition) is 0. The molecule has 0 radical (unpaired) electrons. The Labute approximate surface area is 215 Å². The molecule has 6 heteroatoms. The van der Waals surface area contributed by atoms with Crippen molar-refractivity contribution in [2.45, 2.75) is 135 Å². The van der Waals surface area contributed by atoms with Crippen LogP contribution in [0.3, 0.4) is 0 Å². The molecule has 0 aromatic rings. The highest BCUT2D eigenvalue weighted by Crippen LogP contribution is 2.61. The van der Waals surface area contributed by atoms with E-state index in [1.807, 2.05) is 0 Å². The first-order chi connectivity index (χ1) is 17.2. The van der Waals surface area contributed by atoms with Crippen LogP contribution in [-0.2, 0) is 19.1 Å². The molecule has 0 N–H and O–H groups in total. The van der Waals surface area contributed by atoms with Crippen molar-refractivity contribution in [1.29, 1.82) is 0 Å². The van der Waals surface area contributed by atoms with Gasteiger partial charge in [-0.2, -0.15) is 8.78 Å². The number of unbranched alkanes of at least 4 members (excludes halogenated alkanes) is 1. The maximum Gasteiger partial charge on any atom is 0.376 e. The minimum absolute atomic E-state index is 0.00158. The molecule has 204 valence electrons. The zero-order valence-electron chi connectivity index (χ0n) is 22.3. The molecule has 6 saturated carbocycles. The Morgan fingerprint density at radius 2 is 1.42 bits per heavy atom. The molecule has 0 aromatic carbocycles. The van der Waals surface area contributed by atoms with E-state index >= 15 is 0 Å². The van der Waals surface area contributed by atoms with Gasteiger partial charge in [0.15, 0.2) is 0 Å². The smallest absolute Gasteiger partial charge is 0.376 e. The number of halogens is 2. The van der Waals surface area contributed by atoms with E-state index in [9.17, 15) is 18.4 Å². The zero-order valence-corrected chi connectivity index (χ0v) is 22.3. The Kier molecular flexibility index (Phi) is 7.72. The number of ether oxygens (including phenoxy) is 2. The summed E-state index contributed by atoms with van der Waals surface area (Å²) in [6.45, 7) is 2.88. The lowest BCUT2D eigenvalue weighted by atomic mass is 9.48. The van der Waals surface area contributed by atoms with Crippen LogP contribution in [0, 0.1) is 40.9 Å². The Morgan fingerprint density at radius 1 is 0.833 bits per heavy atom. The Hall–Kier alpha value is -1.20. The van der Waals surface area contributed by atoms with E-state index in [0.29, 0.717) is 25.7 Å². The maximum absolute atomic E-state index is 13.5. The molecule has 0 amide bonds. The second kappa shape index (κ2) is 10.5. The topological polar surface area (TPSA) is 52.6 Å². The quantitative estimate of drug-likeness (QED) is 0.319. The van der Waals surface area contributed by atoms with Crippen LogP contribution in [0.15, 0.2) is 0 Å². The maximum atomic E-state index is 13.5. The summed E-state index contributed by atoms with van der Waals surface area (Å²) in [5, 5.41) is 0. The van der Waals surface area contributed by atoms with E-state index in [1.165, 1.54) is 57.8 Å². The van der Waals surface area contributed by atoms with E-state index in [4.69, 9.17) is 9.47 Å². The van der Waals surface area contributed by atoms with Crippen molar-refractivity contribution in [1.82, 2.24) is 0 Å². The van der Waals surface area contributed by atoms with E-state index in [1.54, 1.807) is 0 Å². The Morgan fingerprint density at radius 3 is 1.97 bits per heavy atom. The SMILES string of the molecule is CCCCC1CCC(C2CCC(OC(=O)C34CC5CC(C3)C(OC(=O)C(C)(F)F)C(C5)C4)CC2)CC1. The second-order valence-electron chi connectivity index (χ2n) is 13.4. The molecule has 2 atom stereocenters. The molecule has 36 heavy (non-hydrogen) atoms. The van der Waals surface area contributed by atoms with Crippen molar-refractivity contribution in [3.63, 3.8) is 0 Å². The van der Waals surface area contributed by atoms with Crippen molar-refractivity contribution >= 4 is 11.9 Å².